The summed E-state index contributed by atoms with van der Waals surface area (Å²) in [6.45, 7) is 3.90. The van der Waals surface area contributed by atoms with E-state index in [9.17, 15) is 8.78 Å². The number of hydrogen-bond donors (Lipinski definition) is 0. The number of benzene rings is 2. The van der Waals surface area contributed by atoms with Crippen LogP contribution < -0.4 is 4.80 Å². The molecule has 0 saturated heterocycles. The van der Waals surface area contributed by atoms with Crippen LogP contribution in [-0.4, -0.2) is 15.4 Å². The zero-order chi connectivity index (χ0) is 21.1. The molecule has 150 valence electrons. The largest absolute Gasteiger partial charge is 0.264 e. The third-order valence-electron chi connectivity index (χ3n) is 4.49. The molecule has 0 unspecified atom stereocenters. The van der Waals surface area contributed by atoms with E-state index in [0.717, 1.165) is 34.2 Å². The van der Waals surface area contributed by atoms with Gasteiger partial charge in [0, 0.05) is 35.0 Å². The highest BCUT2D eigenvalue weighted by atomic mass is 32.1. The minimum atomic E-state index is -0.722. The van der Waals surface area contributed by atoms with Gasteiger partial charge in [0.1, 0.15) is 11.5 Å². The maximum atomic E-state index is 14.2. The molecule has 0 bridgehead atoms. The van der Waals surface area contributed by atoms with Crippen LogP contribution in [0.2, 0.25) is 0 Å². The summed E-state index contributed by atoms with van der Waals surface area (Å²) in [5, 5.41) is 6.67. The van der Waals surface area contributed by atoms with E-state index < -0.39 is 11.6 Å². The summed E-state index contributed by atoms with van der Waals surface area (Å²) in [5.74, 6) is -1.36. The van der Waals surface area contributed by atoms with Crippen molar-refractivity contribution in [2.24, 2.45) is 10.1 Å². The van der Waals surface area contributed by atoms with Crippen LogP contribution in [0.15, 0.2) is 82.5 Å². The number of rotatable bonds is 4. The zero-order valence-electron chi connectivity index (χ0n) is 16.4. The van der Waals surface area contributed by atoms with Gasteiger partial charge in [-0.05, 0) is 32.0 Å². The van der Waals surface area contributed by atoms with Crippen LogP contribution in [0.25, 0.3) is 11.3 Å². The Balaban J connectivity index is 1.91. The molecule has 30 heavy (non-hydrogen) atoms. The molecule has 0 amide bonds. The molecule has 4 nitrogen and oxygen atoms in total. The van der Waals surface area contributed by atoms with Crippen molar-refractivity contribution in [3.63, 3.8) is 0 Å². The van der Waals surface area contributed by atoms with E-state index >= 15 is 0 Å². The lowest BCUT2D eigenvalue weighted by Gasteiger charge is -2.07. The van der Waals surface area contributed by atoms with Crippen molar-refractivity contribution in [3.05, 3.63) is 99.9 Å². The fourth-order valence-electron chi connectivity index (χ4n) is 2.86. The highest BCUT2D eigenvalue weighted by Gasteiger charge is 2.10. The lowest BCUT2D eigenvalue weighted by molar-refractivity contribution is 0.584. The number of hydrogen-bond acceptors (Lipinski definition) is 4. The second-order valence-corrected chi connectivity index (χ2v) is 7.55. The van der Waals surface area contributed by atoms with Crippen LogP contribution in [-0.2, 0) is 0 Å². The van der Waals surface area contributed by atoms with Crippen LogP contribution in [0.3, 0.4) is 0 Å². The Kier molecular flexibility index (Phi) is 5.63. The molecule has 0 aliphatic carbocycles. The van der Waals surface area contributed by atoms with E-state index in [1.54, 1.807) is 17.1 Å². The van der Waals surface area contributed by atoms with Gasteiger partial charge in [-0.25, -0.2) is 18.4 Å². The van der Waals surface area contributed by atoms with Gasteiger partial charge in [0.25, 0.3) is 0 Å². The summed E-state index contributed by atoms with van der Waals surface area (Å²) >= 11 is 1.33. The molecular weight excluding hydrogens is 402 g/mol. The molecule has 0 radical (unpaired) electrons. The van der Waals surface area contributed by atoms with Gasteiger partial charge < -0.3 is 0 Å². The van der Waals surface area contributed by atoms with Crippen LogP contribution in [0.4, 0.5) is 14.5 Å². The summed E-state index contributed by atoms with van der Waals surface area (Å²) in [5.41, 5.74) is 4.58. The molecule has 4 rings (SSSR count). The lowest BCUT2D eigenvalue weighted by Crippen LogP contribution is -2.14. The fraction of sp³-hybridized carbons (Fsp3) is 0.0870. The quantitative estimate of drug-likeness (QED) is 0.390. The van der Waals surface area contributed by atoms with Crippen molar-refractivity contribution in [3.8, 4) is 11.3 Å². The van der Waals surface area contributed by atoms with Gasteiger partial charge in [-0.3, -0.25) is 4.98 Å². The predicted octanol–water partition coefficient (Wildman–Crippen LogP) is 5.70. The van der Waals surface area contributed by atoms with Gasteiger partial charge in [-0.2, -0.15) is 5.10 Å². The summed E-state index contributed by atoms with van der Waals surface area (Å²) in [4.78, 5) is 9.02. The first-order chi connectivity index (χ1) is 14.5. The summed E-state index contributed by atoms with van der Waals surface area (Å²) in [7, 11) is 0. The number of halogens is 2. The molecule has 0 saturated carbocycles. The van der Waals surface area contributed by atoms with E-state index in [4.69, 9.17) is 5.10 Å². The van der Waals surface area contributed by atoms with E-state index in [2.05, 4.69) is 9.98 Å². The minimum Gasteiger partial charge on any atom is -0.264 e. The molecule has 0 aliphatic heterocycles. The van der Waals surface area contributed by atoms with Crippen molar-refractivity contribution in [2.45, 2.75) is 13.8 Å². The van der Waals surface area contributed by atoms with E-state index in [1.807, 2.05) is 55.6 Å². The maximum absolute atomic E-state index is 14.2. The van der Waals surface area contributed by atoms with Crippen molar-refractivity contribution < 1.29 is 8.78 Å². The van der Waals surface area contributed by atoms with E-state index in [1.165, 1.54) is 23.5 Å². The molecule has 4 aromatic rings. The molecule has 0 aliphatic rings. The maximum Gasteiger partial charge on any atom is 0.211 e. The number of thiazole rings is 1. The Morgan fingerprint density at radius 1 is 1.07 bits per heavy atom. The van der Waals surface area contributed by atoms with Crippen molar-refractivity contribution in [2.75, 3.05) is 0 Å². The SMILES string of the molecule is CC(=Nn1c(-c2ccc(C)cc2)csc1=Nc1ccc(F)cc1F)c1cccnc1. The highest BCUT2D eigenvalue weighted by Crippen LogP contribution is 2.23. The second kappa shape index (κ2) is 8.51. The third kappa shape index (κ3) is 4.26. The Hall–Kier alpha value is -3.45. The molecular formula is C23H18F2N4S. The minimum absolute atomic E-state index is 0.0525. The number of nitrogens with zero attached hydrogens (tertiary/aromatic N) is 4. The smallest absolute Gasteiger partial charge is 0.211 e. The Bertz CT molecular complexity index is 1270. The van der Waals surface area contributed by atoms with E-state index in [-0.39, 0.29) is 5.69 Å². The average molecular weight is 420 g/mol. The van der Waals surface area contributed by atoms with Crippen LogP contribution >= 0.6 is 11.3 Å². The van der Waals surface area contributed by atoms with Crippen LogP contribution in [0.5, 0.6) is 0 Å². The normalized spacial score (nSPS) is 12.4. The first-order valence-electron chi connectivity index (χ1n) is 9.24. The monoisotopic (exact) mass is 420 g/mol. The molecule has 2 heterocycles. The van der Waals surface area contributed by atoms with Crippen LogP contribution in [0.1, 0.15) is 18.1 Å². The Labute approximate surface area is 176 Å². The molecule has 2 aromatic heterocycles. The highest BCUT2D eigenvalue weighted by molar-refractivity contribution is 7.07. The van der Waals surface area contributed by atoms with E-state index in [0.29, 0.717) is 4.80 Å². The number of aryl methyl sites for hydroxylation is 1. The van der Waals surface area contributed by atoms with Crippen molar-refractivity contribution in [1.82, 2.24) is 9.66 Å². The number of aromatic nitrogens is 2. The standard InChI is InChI=1S/C23H18F2N4S/c1-15-5-7-17(8-6-15)22-14-30-23(27-21-10-9-19(24)12-20(21)25)29(22)28-16(2)18-4-3-11-26-13-18/h3-14H,1-2H3. The molecule has 0 N–H and O–H groups in total. The van der Waals surface area contributed by atoms with Gasteiger partial charge in [0.15, 0.2) is 5.82 Å². The van der Waals surface area contributed by atoms with Crippen molar-refractivity contribution >= 4 is 22.7 Å². The van der Waals surface area contributed by atoms with Gasteiger partial charge in [0.2, 0.25) is 4.80 Å². The molecule has 0 atom stereocenters. The van der Waals surface area contributed by atoms with Gasteiger partial charge in [-0.1, -0.05) is 35.9 Å². The molecule has 2 aromatic carbocycles. The van der Waals surface area contributed by atoms with Gasteiger partial charge >= 0.3 is 0 Å². The number of pyridine rings is 1. The molecule has 0 spiro atoms. The lowest BCUT2D eigenvalue weighted by atomic mass is 10.1. The second-order valence-electron chi connectivity index (χ2n) is 6.72. The summed E-state index contributed by atoms with van der Waals surface area (Å²) in [6.07, 6.45) is 3.43. The topological polar surface area (TPSA) is 42.5 Å². The third-order valence-corrected chi connectivity index (χ3v) is 5.30. The van der Waals surface area contributed by atoms with Crippen LogP contribution in [0, 0.1) is 18.6 Å². The Morgan fingerprint density at radius 2 is 1.87 bits per heavy atom. The first kappa shape index (κ1) is 19.8. The molecule has 0 fully saturated rings. The summed E-state index contributed by atoms with van der Waals surface area (Å²) < 4.78 is 29.1. The average Bonchev–Trinajstić information content (AvgIpc) is 3.13. The fourth-order valence-corrected chi connectivity index (χ4v) is 3.70. The molecule has 7 heteroatoms. The first-order valence-corrected chi connectivity index (χ1v) is 10.1. The van der Waals surface area contributed by atoms with Gasteiger partial charge in [-0.15, -0.1) is 11.3 Å². The van der Waals surface area contributed by atoms with Gasteiger partial charge in [0.05, 0.1) is 11.4 Å². The van der Waals surface area contributed by atoms with Crippen molar-refractivity contribution in [1.29, 1.82) is 0 Å². The predicted molar refractivity (Wildman–Crippen MR) is 116 cm³/mol. The Morgan fingerprint density at radius 3 is 2.57 bits per heavy atom. The zero-order valence-corrected chi connectivity index (χ0v) is 17.2. The summed E-state index contributed by atoms with van der Waals surface area (Å²) in [6, 6.07) is 15.1.